The van der Waals surface area contributed by atoms with Crippen LogP contribution < -0.4 is 10.5 Å². The molecule has 78 valence electrons. The molecule has 1 aromatic carbocycles. The molecule has 0 amide bonds. The third kappa shape index (κ3) is 2.00. The number of phenolic OH excluding ortho intramolecular Hbond substituents is 1. The van der Waals surface area contributed by atoms with Gasteiger partial charge in [-0.3, -0.25) is 0 Å². The second-order valence-electron chi connectivity index (χ2n) is 2.80. The van der Waals surface area contributed by atoms with Crippen molar-refractivity contribution in [3.63, 3.8) is 0 Å². The van der Waals surface area contributed by atoms with E-state index in [0.717, 1.165) is 0 Å². The minimum atomic E-state index is -0.651. The minimum Gasteiger partial charge on any atom is -0.507 e. The second-order valence-corrected chi connectivity index (χ2v) is 3.66. The summed E-state index contributed by atoms with van der Waals surface area (Å²) in [5.74, 6) is 0.471. The van der Waals surface area contributed by atoms with Gasteiger partial charge in [0, 0.05) is 0 Å². The van der Waals surface area contributed by atoms with E-state index < -0.39 is 6.04 Å². The number of hydrogen-bond donors (Lipinski definition) is 3. The Kier molecular flexibility index (Phi) is 3.74. The van der Waals surface area contributed by atoms with Gasteiger partial charge in [-0.1, -0.05) is 0 Å². The van der Waals surface area contributed by atoms with E-state index in [0.29, 0.717) is 15.8 Å². The molecule has 1 rings (SSSR count). The highest BCUT2D eigenvalue weighted by Gasteiger charge is 2.18. The summed E-state index contributed by atoms with van der Waals surface area (Å²) in [5, 5.41) is 18.5. The highest BCUT2D eigenvalue weighted by Crippen LogP contribution is 2.37. The normalized spacial score (nSPS) is 12.6. The molecule has 1 aromatic rings. The first kappa shape index (κ1) is 11.3. The van der Waals surface area contributed by atoms with Crippen LogP contribution in [0.15, 0.2) is 16.6 Å². The predicted molar refractivity (Wildman–Crippen MR) is 56.4 cm³/mol. The maximum Gasteiger partial charge on any atom is 0.141 e. The Labute approximate surface area is 90.4 Å². The van der Waals surface area contributed by atoms with E-state index in [2.05, 4.69) is 15.9 Å². The van der Waals surface area contributed by atoms with Gasteiger partial charge >= 0.3 is 0 Å². The van der Waals surface area contributed by atoms with Crippen LogP contribution in [0.1, 0.15) is 11.6 Å². The summed E-state index contributed by atoms with van der Waals surface area (Å²) in [6.07, 6.45) is 0. The fourth-order valence-electron chi connectivity index (χ4n) is 1.22. The number of rotatable bonds is 3. The Bertz CT molecular complexity index is 330. The molecule has 4 N–H and O–H groups in total. The van der Waals surface area contributed by atoms with Gasteiger partial charge in [-0.05, 0) is 28.1 Å². The molecular formula is C9H12BrNO3. The average Bonchev–Trinajstić information content (AvgIpc) is 2.19. The molecule has 0 aliphatic heterocycles. The number of nitrogens with two attached hydrogens (primary N) is 1. The van der Waals surface area contributed by atoms with Gasteiger partial charge in [-0.15, -0.1) is 0 Å². The van der Waals surface area contributed by atoms with Crippen LogP contribution in [0, 0.1) is 0 Å². The Morgan fingerprint density at radius 3 is 2.71 bits per heavy atom. The summed E-state index contributed by atoms with van der Waals surface area (Å²) < 4.78 is 5.77. The first-order chi connectivity index (χ1) is 6.61. The van der Waals surface area contributed by atoms with Crippen molar-refractivity contribution < 1.29 is 14.9 Å². The maximum atomic E-state index is 9.56. The molecule has 0 radical (unpaired) electrons. The van der Waals surface area contributed by atoms with Crippen molar-refractivity contribution in [3.05, 3.63) is 22.2 Å². The Morgan fingerprint density at radius 1 is 1.57 bits per heavy atom. The van der Waals surface area contributed by atoms with E-state index in [-0.39, 0.29) is 12.4 Å². The van der Waals surface area contributed by atoms with Gasteiger partial charge in [0.15, 0.2) is 0 Å². The summed E-state index contributed by atoms with van der Waals surface area (Å²) in [6, 6.07) is 2.50. The van der Waals surface area contributed by atoms with Crippen LogP contribution in [0.25, 0.3) is 0 Å². The molecule has 0 aromatic heterocycles. The molecule has 1 atom stereocenters. The minimum absolute atomic E-state index is 0.0200. The molecule has 0 fully saturated rings. The summed E-state index contributed by atoms with van der Waals surface area (Å²) in [5.41, 5.74) is 6.04. The highest BCUT2D eigenvalue weighted by atomic mass is 79.9. The first-order valence-corrected chi connectivity index (χ1v) is 4.83. The van der Waals surface area contributed by atoms with Gasteiger partial charge in [0.25, 0.3) is 0 Å². The van der Waals surface area contributed by atoms with Crippen LogP contribution in [0.2, 0.25) is 0 Å². The number of ether oxygens (including phenoxy) is 1. The monoisotopic (exact) mass is 261 g/mol. The lowest BCUT2D eigenvalue weighted by Gasteiger charge is -2.16. The van der Waals surface area contributed by atoms with E-state index in [4.69, 9.17) is 15.6 Å². The molecule has 0 aliphatic rings. The average molecular weight is 262 g/mol. The van der Waals surface area contributed by atoms with Gasteiger partial charge in [0.2, 0.25) is 0 Å². The largest absolute Gasteiger partial charge is 0.507 e. The standard InChI is InChI=1S/C9H12BrNO3/c1-14-9-5(10)2-3-7(13)8(9)6(11)4-12/h2-3,6,12-13H,4,11H2,1H3. The fraction of sp³-hybridized carbons (Fsp3) is 0.333. The van der Waals surface area contributed by atoms with Crippen LogP contribution >= 0.6 is 15.9 Å². The molecular weight excluding hydrogens is 250 g/mol. The first-order valence-electron chi connectivity index (χ1n) is 4.03. The zero-order valence-electron chi connectivity index (χ0n) is 7.70. The van der Waals surface area contributed by atoms with Crippen LogP contribution in [-0.2, 0) is 0 Å². The Hall–Kier alpha value is -0.780. The van der Waals surface area contributed by atoms with Gasteiger partial charge in [-0.2, -0.15) is 0 Å². The quantitative estimate of drug-likeness (QED) is 0.763. The third-order valence-electron chi connectivity index (χ3n) is 1.90. The molecule has 0 spiro atoms. The number of aromatic hydroxyl groups is 1. The summed E-state index contributed by atoms with van der Waals surface area (Å²) in [4.78, 5) is 0. The van der Waals surface area contributed by atoms with Gasteiger partial charge in [0.05, 0.1) is 29.8 Å². The zero-order chi connectivity index (χ0) is 10.7. The van der Waals surface area contributed by atoms with Crippen LogP contribution in [-0.4, -0.2) is 23.9 Å². The van der Waals surface area contributed by atoms with Gasteiger partial charge in [0.1, 0.15) is 11.5 Å². The highest BCUT2D eigenvalue weighted by molar-refractivity contribution is 9.10. The Balaban J connectivity index is 3.29. The SMILES string of the molecule is COc1c(Br)ccc(O)c1C(N)CO. The fourth-order valence-corrected chi connectivity index (χ4v) is 1.73. The molecule has 1 unspecified atom stereocenters. The zero-order valence-corrected chi connectivity index (χ0v) is 9.28. The molecule has 0 aliphatic carbocycles. The number of aliphatic hydroxyl groups is 1. The van der Waals surface area contributed by atoms with E-state index in [9.17, 15) is 5.11 Å². The molecule has 4 nitrogen and oxygen atoms in total. The van der Waals surface area contributed by atoms with E-state index in [1.165, 1.54) is 13.2 Å². The third-order valence-corrected chi connectivity index (χ3v) is 2.52. The van der Waals surface area contributed by atoms with Crippen LogP contribution in [0.4, 0.5) is 0 Å². The second kappa shape index (κ2) is 4.63. The lowest BCUT2D eigenvalue weighted by atomic mass is 10.1. The molecule has 0 saturated carbocycles. The van der Waals surface area contributed by atoms with Crippen molar-refractivity contribution in [2.45, 2.75) is 6.04 Å². The van der Waals surface area contributed by atoms with Crippen LogP contribution in [0.3, 0.4) is 0 Å². The summed E-state index contributed by atoms with van der Waals surface area (Å²) in [7, 11) is 1.48. The van der Waals surface area contributed by atoms with Crippen molar-refractivity contribution >= 4 is 15.9 Å². The predicted octanol–water partition coefficient (Wildman–Crippen LogP) is 1.16. The Morgan fingerprint density at radius 2 is 2.21 bits per heavy atom. The lowest BCUT2D eigenvalue weighted by Crippen LogP contribution is -2.15. The van der Waals surface area contributed by atoms with Crippen LogP contribution in [0.5, 0.6) is 11.5 Å². The van der Waals surface area contributed by atoms with E-state index in [1.54, 1.807) is 6.07 Å². The topological polar surface area (TPSA) is 75.7 Å². The summed E-state index contributed by atoms with van der Waals surface area (Å²) in [6.45, 7) is -0.250. The molecule has 0 bridgehead atoms. The molecule has 0 heterocycles. The van der Waals surface area contributed by atoms with Crippen molar-refractivity contribution in [2.75, 3.05) is 13.7 Å². The van der Waals surface area contributed by atoms with E-state index >= 15 is 0 Å². The number of aliphatic hydroxyl groups excluding tert-OH is 1. The van der Waals surface area contributed by atoms with Gasteiger partial charge in [-0.25, -0.2) is 0 Å². The molecule has 5 heteroatoms. The molecule has 0 saturated heterocycles. The smallest absolute Gasteiger partial charge is 0.141 e. The lowest BCUT2D eigenvalue weighted by molar-refractivity contribution is 0.261. The van der Waals surface area contributed by atoms with Crippen molar-refractivity contribution in [2.24, 2.45) is 5.73 Å². The number of halogens is 1. The number of methoxy groups -OCH3 is 1. The molecule has 14 heavy (non-hydrogen) atoms. The van der Waals surface area contributed by atoms with E-state index in [1.807, 2.05) is 0 Å². The van der Waals surface area contributed by atoms with Crippen molar-refractivity contribution in [3.8, 4) is 11.5 Å². The van der Waals surface area contributed by atoms with Crippen molar-refractivity contribution in [1.29, 1.82) is 0 Å². The van der Waals surface area contributed by atoms with Gasteiger partial charge < -0.3 is 20.7 Å². The van der Waals surface area contributed by atoms with Crippen molar-refractivity contribution in [1.82, 2.24) is 0 Å². The summed E-state index contributed by atoms with van der Waals surface area (Å²) >= 11 is 3.27. The number of hydrogen-bond acceptors (Lipinski definition) is 4. The number of benzene rings is 1. The number of phenols is 1. The maximum absolute atomic E-state index is 9.56.